The van der Waals surface area contributed by atoms with Gasteiger partial charge in [0, 0.05) is 0 Å². The number of hydrogen-bond donors (Lipinski definition) is 1. The number of esters is 1. The number of hydrogen-bond acceptors (Lipinski definition) is 3. The van der Waals surface area contributed by atoms with Gasteiger partial charge in [0.05, 0.1) is 7.11 Å². The van der Waals surface area contributed by atoms with Gasteiger partial charge in [-0.2, -0.15) is 0 Å². The third-order valence-corrected chi connectivity index (χ3v) is 3.74. The second kappa shape index (κ2) is 4.88. The van der Waals surface area contributed by atoms with Crippen molar-refractivity contribution in [1.82, 2.24) is 0 Å². The van der Waals surface area contributed by atoms with Crippen molar-refractivity contribution in [3.8, 4) is 0 Å². The summed E-state index contributed by atoms with van der Waals surface area (Å²) in [7, 11) is 1.40. The first kappa shape index (κ1) is 12.1. The number of nitrogens with two attached hydrogens (primary N) is 1. The Balaban J connectivity index is 2.01. The van der Waals surface area contributed by atoms with Crippen molar-refractivity contribution in [1.29, 1.82) is 0 Å². The summed E-state index contributed by atoms with van der Waals surface area (Å²) in [5, 5.41) is 0. The molecule has 0 bridgehead atoms. The molecule has 1 aliphatic rings. The van der Waals surface area contributed by atoms with Gasteiger partial charge in [0.2, 0.25) is 0 Å². The maximum Gasteiger partial charge on any atom is 0.325 e. The summed E-state index contributed by atoms with van der Waals surface area (Å²) in [5.41, 5.74) is 6.66. The monoisotopic (exact) mass is 233 g/mol. The van der Waals surface area contributed by atoms with E-state index >= 15 is 0 Å². The average Bonchev–Trinajstić information content (AvgIpc) is 2.39. The van der Waals surface area contributed by atoms with Crippen LogP contribution >= 0.6 is 0 Å². The van der Waals surface area contributed by atoms with Crippen molar-refractivity contribution in [2.24, 2.45) is 5.73 Å². The van der Waals surface area contributed by atoms with E-state index in [4.69, 9.17) is 10.5 Å². The Morgan fingerprint density at radius 3 is 2.41 bits per heavy atom. The summed E-state index contributed by atoms with van der Waals surface area (Å²) >= 11 is 0. The van der Waals surface area contributed by atoms with E-state index in [0.717, 1.165) is 12.8 Å². The third-order valence-electron chi connectivity index (χ3n) is 3.74. The number of methoxy groups -OCH3 is 1. The van der Waals surface area contributed by atoms with Gasteiger partial charge >= 0.3 is 5.97 Å². The van der Waals surface area contributed by atoms with Crippen LogP contribution in [0.25, 0.3) is 0 Å². The van der Waals surface area contributed by atoms with E-state index in [2.05, 4.69) is 24.3 Å². The van der Waals surface area contributed by atoms with Crippen LogP contribution in [0.2, 0.25) is 0 Å². The Morgan fingerprint density at radius 1 is 1.29 bits per heavy atom. The number of carbonyl (C=O) groups excluding carboxylic acids is 1. The zero-order valence-corrected chi connectivity index (χ0v) is 10.2. The first-order valence-corrected chi connectivity index (χ1v) is 6.08. The topological polar surface area (TPSA) is 52.3 Å². The molecule has 17 heavy (non-hydrogen) atoms. The van der Waals surface area contributed by atoms with Gasteiger partial charge in [0.25, 0.3) is 0 Å². The van der Waals surface area contributed by atoms with Crippen LogP contribution in [0.4, 0.5) is 0 Å². The normalized spacial score (nSPS) is 28.7. The summed E-state index contributed by atoms with van der Waals surface area (Å²) in [5.74, 6) is 0.251. The molecule has 3 nitrogen and oxygen atoms in total. The SMILES string of the molecule is COC(=O)C1(N)CCC(c2ccccc2)CC1. The van der Waals surface area contributed by atoms with E-state index in [1.165, 1.54) is 12.7 Å². The highest BCUT2D eigenvalue weighted by Gasteiger charge is 2.39. The lowest BCUT2D eigenvalue weighted by atomic mass is 9.75. The maximum atomic E-state index is 11.6. The van der Waals surface area contributed by atoms with Gasteiger partial charge in [0.15, 0.2) is 0 Å². The van der Waals surface area contributed by atoms with Gasteiger partial charge in [0.1, 0.15) is 5.54 Å². The Kier molecular flexibility index (Phi) is 3.48. The maximum absolute atomic E-state index is 11.6. The highest BCUT2D eigenvalue weighted by molar-refractivity contribution is 5.80. The molecule has 1 saturated carbocycles. The summed E-state index contributed by atoms with van der Waals surface area (Å²) in [6.07, 6.45) is 3.32. The molecule has 0 heterocycles. The molecule has 1 fully saturated rings. The largest absolute Gasteiger partial charge is 0.468 e. The van der Waals surface area contributed by atoms with Crippen LogP contribution in [0.5, 0.6) is 0 Å². The Bertz CT molecular complexity index is 380. The molecule has 1 aromatic rings. The van der Waals surface area contributed by atoms with Gasteiger partial charge in [-0.1, -0.05) is 30.3 Å². The lowest BCUT2D eigenvalue weighted by Crippen LogP contribution is -2.50. The molecular formula is C14H19NO2. The second-order valence-corrected chi connectivity index (χ2v) is 4.83. The highest BCUT2D eigenvalue weighted by atomic mass is 16.5. The molecule has 3 heteroatoms. The van der Waals surface area contributed by atoms with E-state index in [1.807, 2.05) is 6.07 Å². The molecule has 2 rings (SSSR count). The number of carbonyl (C=O) groups is 1. The predicted molar refractivity (Wildman–Crippen MR) is 66.6 cm³/mol. The molecule has 0 aromatic heterocycles. The van der Waals surface area contributed by atoms with Crippen LogP contribution in [0.3, 0.4) is 0 Å². The fourth-order valence-corrected chi connectivity index (χ4v) is 2.60. The predicted octanol–water partition coefficient (Wildman–Crippen LogP) is 2.21. The Morgan fingerprint density at radius 2 is 1.88 bits per heavy atom. The van der Waals surface area contributed by atoms with Crippen LogP contribution in [0, 0.1) is 0 Å². The summed E-state index contributed by atoms with van der Waals surface area (Å²) in [6, 6.07) is 10.4. The standard InChI is InChI=1S/C14H19NO2/c1-17-13(16)14(15)9-7-12(8-10-14)11-5-3-2-4-6-11/h2-6,12H,7-10,15H2,1H3. The van der Waals surface area contributed by atoms with Crippen molar-refractivity contribution in [3.05, 3.63) is 35.9 Å². The zero-order chi connectivity index (χ0) is 12.3. The number of benzene rings is 1. The summed E-state index contributed by atoms with van der Waals surface area (Å²) in [4.78, 5) is 11.6. The molecule has 1 aliphatic carbocycles. The Hall–Kier alpha value is -1.35. The minimum atomic E-state index is -0.764. The molecule has 0 saturated heterocycles. The first-order valence-electron chi connectivity index (χ1n) is 6.08. The van der Waals surface area contributed by atoms with E-state index < -0.39 is 5.54 Å². The van der Waals surface area contributed by atoms with Crippen molar-refractivity contribution < 1.29 is 9.53 Å². The third kappa shape index (κ3) is 2.50. The lowest BCUT2D eigenvalue weighted by Gasteiger charge is -2.34. The van der Waals surface area contributed by atoms with E-state index in [9.17, 15) is 4.79 Å². The van der Waals surface area contributed by atoms with Crippen LogP contribution in [0.15, 0.2) is 30.3 Å². The second-order valence-electron chi connectivity index (χ2n) is 4.83. The molecule has 0 aliphatic heterocycles. The van der Waals surface area contributed by atoms with Crippen LogP contribution < -0.4 is 5.73 Å². The Labute approximate surface area is 102 Å². The van der Waals surface area contributed by atoms with Gasteiger partial charge in [-0.15, -0.1) is 0 Å². The minimum absolute atomic E-state index is 0.274. The van der Waals surface area contributed by atoms with Crippen molar-refractivity contribution >= 4 is 5.97 Å². The van der Waals surface area contributed by atoms with E-state index in [1.54, 1.807) is 0 Å². The van der Waals surface area contributed by atoms with Gasteiger partial charge in [-0.05, 0) is 37.2 Å². The van der Waals surface area contributed by atoms with Crippen LogP contribution in [-0.2, 0) is 9.53 Å². The zero-order valence-electron chi connectivity index (χ0n) is 10.2. The first-order chi connectivity index (χ1) is 8.15. The van der Waals surface area contributed by atoms with Crippen LogP contribution in [0.1, 0.15) is 37.2 Å². The van der Waals surface area contributed by atoms with Crippen molar-refractivity contribution in [2.45, 2.75) is 37.1 Å². The fraction of sp³-hybridized carbons (Fsp3) is 0.500. The molecular weight excluding hydrogens is 214 g/mol. The number of rotatable bonds is 2. The van der Waals surface area contributed by atoms with Gasteiger partial charge in [-0.3, -0.25) is 4.79 Å². The molecule has 1 aromatic carbocycles. The average molecular weight is 233 g/mol. The fourth-order valence-electron chi connectivity index (χ4n) is 2.60. The van der Waals surface area contributed by atoms with Crippen molar-refractivity contribution in [2.75, 3.05) is 7.11 Å². The minimum Gasteiger partial charge on any atom is -0.468 e. The molecule has 2 N–H and O–H groups in total. The molecule has 92 valence electrons. The summed E-state index contributed by atoms with van der Waals surface area (Å²) < 4.78 is 4.77. The smallest absolute Gasteiger partial charge is 0.325 e. The molecule has 0 spiro atoms. The van der Waals surface area contributed by atoms with E-state index in [-0.39, 0.29) is 5.97 Å². The summed E-state index contributed by atoms with van der Waals surface area (Å²) in [6.45, 7) is 0. The van der Waals surface area contributed by atoms with Crippen LogP contribution in [-0.4, -0.2) is 18.6 Å². The molecule has 0 unspecified atom stereocenters. The highest BCUT2D eigenvalue weighted by Crippen LogP contribution is 2.37. The van der Waals surface area contributed by atoms with Gasteiger partial charge in [-0.25, -0.2) is 0 Å². The molecule has 0 amide bonds. The molecule has 0 radical (unpaired) electrons. The number of ether oxygens (including phenoxy) is 1. The van der Waals surface area contributed by atoms with E-state index in [0.29, 0.717) is 18.8 Å². The van der Waals surface area contributed by atoms with Crippen molar-refractivity contribution in [3.63, 3.8) is 0 Å². The quantitative estimate of drug-likeness (QED) is 0.797. The molecule has 0 atom stereocenters. The van der Waals surface area contributed by atoms with Gasteiger partial charge < -0.3 is 10.5 Å². The lowest BCUT2D eigenvalue weighted by molar-refractivity contribution is -0.148.